The Morgan fingerprint density at radius 3 is 2.79 bits per heavy atom. The number of oxime groups is 1. The molecule has 1 saturated heterocycles. The van der Waals surface area contributed by atoms with Gasteiger partial charge in [-0.3, -0.25) is 15.0 Å². The molecule has 1 N–H and O–H groups in total. The molecule has 2 rings (SSSR count). The average Bonchev–Trinajstić information content (AvgIpc) is 2.59. The lowest BCUT2D eigenvalue weighted by Crippen LogP contribution is -2.37. The van der Waals surface area contributed by atoms with Crippen LogP contribution in [0.1, 0.15) is 12.0 Å². The van der Waals surface area contributed by atoms with Gasteiger partial charge in [0.25, 0.3) is 5.69 Å². The molecule has 0 aromatic heterocycles. The van der Waals surface area contributed by atoms with Crippen LogP contribution in [0.25, 0.3) is 0 Å². The number of methoxy groups -OCH3 is 1. The number of benzene rings is 1. The molecule has 0 amide bonds. The molecule has 24 heavy (non-hydrogen) atoms. The van der Waals surface area contributed by atoms with Crippen molar-refractivity contribution < 1.29 is 24.3 Å². The third-order valence-electron chi connectivity index (χ3n) is 3.69. The van der Waals surface area contributed by atoms with Crippen molar-refractivity contribution >= 4 is 11.9 Å². The summed E-state index contributed by atoms with van der Waals surface area (Å²) in [7, 11) is 1.42. The monoisotopic (exact) mass is 339 g/mol. The van der Waals surface area contributed by atoms with E-state index in [1.807, 2.05) is 0 Å². The fourth-order valence-corrected chi connectivity index (χ4v) is 2.46. The number of hydrogen-bond acceptors (Lipinski definition) is 8. The van der Waals surface area contributed by atoms with Gasteiger partial charge in [-0.05, 0) is 12.5 Å². The quantitative estimate of drug-likeness (QED) is 0.251. The lowest BCUT2D eigenvalue weighted by molar-refractivity contribution is -0.385. The smallest absolute Gasteiger partial charge is 0.282 e. The van der Waals surface area contributed by atoms with Crippen molar-refractivity contribution in [3.05, 3.63) is 27.8 Å². The minimum absolute atomic E-state index is 0.145. The van der Waals surface area contributed by atoms with Gasteiger partial charge in [-0.15, -0.1) is 0 Å². The molecule has 9 heteroatoms. The summed E-state index contributed by atoms with van der Waals surface area (Å²) < 4.78 is 16.1. The average molecular weight is 339 g/mol. The fraction of sp³-hybridized carbons (Fsp3) is 0.533. The minimum Gasteiger partial charge on any atom is -0.493 e. The standard InChI is InChI=1S/C15H21N3O6/c1-22-14-10-13(18(20)21)12(11-16-19)9-15(14)24-6-2-3-17-4-7-23-8-5-17/h9-11,19H,2-8H2,1H3. The zero-order valence-corrected chi connectivity index (χ0v) is 13.5. The minimum atomic E-state index is -0.568. The van der Waals surface area contributed by atoms with Crippen molar-refractivity contribution in [3.63, 3.8) is 0 Å². The molecule has 0 radical (unpaired) electrons. The molecule has 132 valence electrons. The van der Waals surface area contributed by atoms with Crippen LogP contribution < -0.4 is 9.47 Å². The summed E-state index contributed by atoms with van der Waals surface area (Å²) in [6.45, 7) is 4.67. The van der Waals surface area contributed by atoms with E-state index in [1.165, 1.54) is 19.2 Å². The summed E-state index contributed by atoms with van der Waals surface area (Å²) in [5, 5.41) is 22.6. The summed E-state index contributed by atoms with van der Waals surface area (Å²) >= 11 is 0. The molecule has 1 aliphatic rings. The van der Waals surface area contributed by atoms with Gasteiger partial charge in [0.1, 0.15) is 0 Å². The van der Waals surface area contributed by atoms with Gasteiger partial charge in [0, 0.05) is 19.6 Å². The first-order valence-corrected chi connectivity index (χ1v) is 7.62. The number of morpholine rings is 1. The number of nitrogens with zero attached hydrogens (tertiary/aromatic N) is 3. The SMILES string of the molecule is COc1cc([N+](=O)[O-])c(C=NO)cc1OCCCN1CCOCC1. The van der Waals surface area contributed by atoms with Gasteiger partial charge in [0.15, 0.2) is 11.5 Å². The molecule has 1 fully saturated rings. The normalized spacial score (nSPS) is 15.5. The molecule has 9 nitrogen and oxygen atoms in total. The highest BCUT2D eigenvalue weighted by Gasteiger charge is 2.19. The van der Waals surface area contributed by atoms with Crippen LogP contribution in [0.15, 0.2) is 17.3 Å². The zero-order chi connectivity index (χ0) is 17.4. The van der Waals surface area contributed by atoms with Crippen LogP contribution in [0.4, 0.5) is 5.69 Å². The number of ether oxygens (including phenoxy) is 3. The first-order valence-electron chi connectivity index (χ1n) is 7.62. The van der Waals surface area contributed by atoms with E-state index in [0.29, 0.717) is 12.4 Å². The molecule has 1 aromatic carbocycles. The van der Waals surface area contributed by atoms with Gasteiger partial charge >= 0.3 is 0 Å². The molecule has 0 saturated carbocycles. The van der Waals surface area contributed by atoms with Gasteiger partial charge in [-0.1, -0.05) is 5.16 Å². The van der Waals surface area contributed by atoms with Gasteiger partial charge in [0.2, 0.25) is 0 Å². The van der Waals surface area contributed by atoms with E-state index in [-0.39, 0.29) is 17.0 Å². The Kier molecular flexibility index (Phi) is 6.76. The Morgan fingerprint density at radius 1 is 1.42 bits per heavy atom. The van der Waals surface area contributed by atoms with Crippen molar-refractivity contribution in [2.24, 2.45) is 5.16 Å². The first-order chi connectivity index (χ1) is 11.7. The van der Waals surface area contributed by atoms with E-state index < -0.39 is 4.92 Å². The summed E-state index contributed by atoms with van der Waals surface area (Å²) in [5.41, 5.74) is -0.0724. The maximum atomic E-state index is 11.1. The summed E-state index contributed by atoms with van der Waals surface area (Å²) in [5.74, 6) is 0.642. The van der Waals surface area contributed by atoms with E-state index in [2.05, 4.69) is 10.1 Å². The third kappa shape index (κ3) is 4.80. The molecule has 1 heterocycles. The van der Waals surface area contributed by atoms with E-state index in [4.69, 9.17) is 19.4 Å². The second-order valence-electron chi connectivity index (χ2n) is 5.22. The Labute approximate surface area is 139 Å². The molecule has 0 bridgehead atoms. The van der Waals surface area contributed by atoms with Gasteiger partial charge in [-0.25, -0.2) is 0 Å². The highest BCUT2D eigenvalue weighted by molar-refractivity contribution is 5.86. The first kappa shape index (κ1) is 18.0. The largest absolute Gasteiger partial charge is 0.493 e. The Bertz CT molecular complexity index is 587. The van der Waals surface area contributed by atoms with Gasteiger partial charge in [-0.2, -0.15) is 0 Å². The molecule has 0 aliphatic carbocycles. The summed E-state index contributed by atoms with van der Waals surface area (Å²) in [4.78, 5) is 12.8. The van der Waals surface area contributed by atoms with Crippen LogP contribution in [-0.4, -0.2) is 67.8 Å². The Morgan fingerprint density at radius 2 is 2.17 bits per heavy atom. The van der Waals surface area contributed by atoms with E-state index in [9.17, 15) is 10.1 Å². The predicted molar refractivity (Wildman–Crippen MR) is 86.4 cm³/mol. The molecule has 0 atom stereocenters. The molecular weight excluding hydrogens is 318 g/mol. The Balaban J connectivity index is 1.99. The maximum absolute atomic E-state index is 11.1. The fourth-order valence-electron chi connectivity index (χ4n) is 2.46. The van der Waals surface area contributed by atoms with E-state index in [1.54, 1.807) is 0 Å². The van der Waals surface area contributed by atoms with Crippen LogP contribution in [0.2, 0.25) is 0 Å². The molecule has 1 aliphatic heterocycles. The molecule has 0 unspecified atom stereocenters. The van der Waals surface area contributed by atoms with Crippen molar-refractivity contribution in [2.45, 2.75) is 6.42 Å². The zero-order valence-electron chi connectivity index (χ0n) is 13.5. The van der Waals surface area contributed by atoms with E-state index in [0.717, 1.165) is 45.5 Å². The maximum Gasteiger partial charge on any atom is 0.282 e. The van der Waals surface area contributed by atoms with Crippen LogP contribution in [-0.2, 0) is 4.74 Å². The lowest BCUT2D eigenvalue weighted by atomic mass is 10.1. The second-order valence-corrected chi connectivity index (χ2v) is 5.22. The van der Waals surface area contributed by atoms with Crippen molar-refractivity contribution in [1.82, 2.24) is 4.90 Å². The third-order valence-corrected chi connectivity index (χ3v) is 3.69. The number of rotatable bonds is 8. The van der Waals surface area contributed by atoms with Crippen LogP contribution in [0, 0.1) is 10.1 Å². The number of nitro groups is 1. The van der Waals surface area contributed by atoms with E-state index >= 15 is 0 Å². The lowest BCUT2D eigenvalue weighted by Gasteiger charge is -2.26. The van der Waals surface area contributed by atoms with Crippen molar-refractivity contribution in [2.75, 3.05) is 46.6 Å². The van der Waals surface area contributed by atoms with Crippen molar-refractivity contribution in [3.8, 4) is 11.5 Å². The molecular formula is C15H21N3O6. The molecule has 0 spiro atoms. The second kappa shape index (κ2) is 9.04. The van der Waals surface area contributed by atoms with Crippen LogP contribution in [0.5, 0.6) is 11.5 Å². The number of hydrogen-bond donors (Lipinski definition) is 1. The van der Waals surface area contributed by atoms with Gasteiger partial charge < -0.3 is 19.4 Å². The topological polar surface area (TPSA) is 107 Å². The van der Waals surface area contributed by atoms with Crippen LogP contribution >= 0.6 is 0 Å². The predicted octanol–water partition coefficient (Wildman–Crippen LogP) is 1.51. The molecule has 1 aromatic rings. The number of nitro benzene ring substituents is 1. The highest BCUT2D eigenvalue weighted by Crippen LogP contribution is 2.34. The van der Waals surface area contributed by atoms with Crippen LogP contribution in [0.3, 0.4) is 0 Å². The van der Waals surface area contributed by atoms with Gasteiger partial charge in [0.05, 0.1) is 49.7 Å². The Hall–Kier alpha value is -2.39. The summed E-state index contributed by atoms with van der Waals surface area (Å²) in [6, 6.07) is 2.69. The summed E-state index contributed by atoms with van der Waals surface area (Å²) in [6.07, 6.45) is 1.81. The highest BCUT2D eigenvalue weighted by atomic mass is 16.6. The van der Waals surface area contributed by atoms with Crippen molar-refractivity contribution in [1.29, 1.82) is 0 Å².